The molecule has 0 aromatic heterocycles. The molecule has 0 radical (unpaired) electrons. The van der Waals surface area contributed by atoms with Gasteiger partial charge in [-0.2, -0.15) is 10.0 Å². The van der Waals surface area contributed by atoms with Gasteiger partial charge in [0.25, 0.3) is 0 Å². The standard InChI is InChI=1S/C21H27N5O3/c1-28-20-8-7-17(21(11-20)29-2)13-26(14-18(24-27)12-23-25-22)19-9-15-5-3-4-6-16(15)10-19/h3-8,11,18-19H,9-10,12-14H2,1-2H3,(H2,22,23). The zero-order valence-corrected chi connectivity index (χ0v) is 16.8. The first-order chi connectivity index (χ1) is 14.2. The Morgan fingerprint density at radius 1 is 1.14 bits per heavy atom. The molecule has 8 heteroatoms. The average Bonchev–Trinajstić information content (AvgIpc) is 3.20. The third-order valence-electron chi connectivity index (χ3n) is 5.38. The molecule has 0 aliphatic heterocycles. The van der Waals surface area contributed by atoms with Crippen LogP contribution in [-0.2, 0) is 19.4 Å². The van der Waals surface area contributed by atoms with E-state index in [0.717, 1.165) is 29.9 Å². The lowest BCUT2D eigenvalue weighted by Gasteiger charge is -2.30. The Morgan fingerprint density at radius 2 is 1.86 bits per heavy atom. The highest BCUT2D eigenvalue weighted by atomic mass is 16.5. The molecule has 0 saturated carbocycles. The normalized spacial score (nSPS) is 14.9. The Labute approximate surface area is 170 Å². The van der Waals surface area contributed by atoms with Gasteiger partial charge in [-0.25, -0.2) is 0 Å². The number of nitrogens with two attached hydrogens (primary N) is 1. The van der Waals surface area contributed by atoms with Gasteiger partial charge in [-0.15, -0.1) is 0 Å². The van der Waals surface area contributed by atoms with Crippen molar-refractivity contribution in [3.8, 4) is 11.5 Å². The maximum absolute atomic E-state index is 11.4. The van der Waals surface area contributed by atoms with E-state index in [4.69, 9.17) is 15.3 Å². The fourth-order valence-electron chi connectivity index (χ4n) is 3.87. The van der Waals surface area contributed by atoms with E-state index >= 15 is 0 Å². The molecule has 2 aromatic rings. The van der Waals surface area contributed by atoms with Crippen LogP contribution in [0, 0.1) is 4.91 Å². The number of nitrogens with zero attached hydrogens (tertiary/aromatic N) is 4. The first kappa shape index (κ1) is 20.7. The van der Waals surface area contributed by atoms with Gasteiger partial charge < -0.3 is 15.3 Å². The lowest BCUT2D eigenvalue weighted by Crippen LogP contribution is -2.41. The monoisotopic (exact) mass is 397 g/mol. The summed E-state index contributed by atoms with van der Waals surface area (Å²) in [5, 5.41) is 10.3. The summed E-state index contributed by atoms with van der Waals surface area (Å²) in [6, 6.07) is 14.0. The highest BCUT2D eigenvalue weighted by Gasteiger charge is 2.29. The molecule has 8 nitrogen and oxygen atoms in total. The molecule has 3 rings (SSSR count). The zero-order valence-electron chi connectivity index (χ0n) is 16.8. The minimum absolute atomic E-state index is 0.177. The number of methoxy groups -OCH3 is 2. The smallest absolute Gasteiger partial charge is 0.127 e. The van der Waals surface area contributed by atoms with E-state index in [1.807, 2.05) is 18.2 Å². The van der Waals surface area contributed by atoms with Crippen LogP contribution in [0.3, 0.4) is 0 Å². The summed E-state index contributed by atoms with van der Waals surface area (Å²) >= 11 is 0. The van der Waals surface area contributed by atoms with E-state index < -0.39 is 6.04 Å². The van der Waals surface area contributed by atoms with Crippen molar-refractivity contribution < 1.29 is 9.47 Å². The predicted molar refractivity (Wildman–Crippen MR) is 111 cm³/mol. The molecule has 1 aliphatic carbocycles. The van der Waals surface area contributed by atoms with Gasteiger partial charge in [0, 0.05) is 30.8 Å². The first-order valence-corrected chi connectivity index (χ1v) is 9.59. The Bertz CT molecular complexity index is 833. The van der Waals surface area contributed by atoms with Crippen molar-refractivity contribution in [2.45, 2.75) is 31.5 Å². The van der Waals surface area contributed by atoms with Gasteiger partial charge in [0.15, 0.2) is 0 Å². The molecule has 0 fully saturated rings. The molecule has 2 N–H and O–H groups in total. The largest absolute Gasteiger partial charge is 0.497 e. The molecule has 0 saturated heterocycles. The lowest BCUT2D eigenvalue weighted by atomic mass is 10.1. The molecule has 1 aliphatic rings. The van der Waals surface area contributed by atoms with Crippen LogP contribution in [0.2, 0.25) is 0 Å². The van der Waals surface area contributed by atoms with Crippen LogP contribution in [0.4, 0.5) is 0 Å². The molecule has 1 unspecified atom stereocenters. The number of fused-ring (bicyclic) bond motifs is 1. The summed E-state index contributed by atoms with van der Waals surface area (Å²) in [6.45, 7) is 1.27. The van der Waals surface area contributed by atoms with Crippen molar-refractivity contribution in [2.24, 2.45) is 21.4 Å². The summed E-state index contributed by atoms with van der Waals surface area (Å²) < 4.78 is 10.9. The molecule has 0 amide bonds. The topological polar surface area (TPSA) is 102 Å². The van der Waals surface area contributed by atoms with Gasteiger partial charge in [0.1, 0.15) is 17.5 Å². The third kappa shape index (κ3) is 5.08. The quantitative estimate of drug-likeness (QED) is 0.287. The summed E-state index contributed by atoms with van der Waals surface area (Å²) in [7, 11) is 3.27. The van der Waals surface area contributed by atoms with Crippen molar-refractivity contribution >= 4 is 0 Å². The van der Waals surface area contributed by atoms with Crippen molar-refractivity contribution in [1.29, 1.82) is 0 Å². The summed E-state index contributed by atoms with van der Waals surface area (Å²) in [5.41, 5.74) is 3.72. The van der Waals surface area contributed by atoms with Crippen LogP contribution in [0.25, 0.3) is 0 Å². The Kier molecular flexibility index (Phi) is 7.13. The number of nitroso groups, excluding NO2 is 1. The average molecular weight is 397 g/mol. The molecule has 154 valence electrons. The van der Waals surface area contributed by atoms with E-state index in [2.05, 4.69) is 44.7 Å². The summed E-state index contributed by atoms with van der Waals surface area (Å²) in [6.07, 6.45) is 1.86. The Morgan fingerprint density at radius 3 is 2.45 bits per heavy atom. The van der Waals surface area contributed by atoms with Crippen LogP contribution >= 0.6 is 0 Å². The molecular weight excluding hydrogens is 370 g/mol. The second-order valence-corrected chi connectivity index (χ2v) is 7.14. The first-order valence-electron chi connectivity index (χ1n) is 9.59. The molecule has 0 heterocycles. The second kappa shape index (κ2) is 9.97. The maximum atomic E-state index is 11.4. The second-order valence-electron chi connectivity index (χ2n) is 7.14. The van der Waals surface area contributed by atoms with Crippen molar-refractivity contribution in [2.75, 3.05) is 27.3 Å². The van der Waals surface area contributed by atoms with E-state index in [1.165, 1.54) is 11.1 Å². The fourth-order valence-corrected chi connectivity index (χ4v) is 3.87. The van der Waals surface area contributed by atoms with Crippen LogP contribution in [-0.4, -0.2) is 44.3 Å². The van der Waals surface area contributed by atoms with E-state index in [1.54, 1.807) is 14.2 Å². The Hall–Kier alpha value is -3.00. The summed E-state index contributed by atoms with van der Waals surface area (Å²) in [5.74, 6) is 6.59. The molecule has 0 bridgehead atoms. The van der Waals surface area contributed by atoms with Gasteiger partial charge in [-0.1, -0.05) is 40.7 Å². The zero-order chi connectivity index (χ0) is 20.6. The van der Waals surface area contributed by atoms with Gasteiger partial charge >= 0.3 is 0 Å². The fraction of sp³-hybridized carbons (Fsp3) is 0.429. The maximum Gasteiger partial charge on any atom is 0.127 e. The van der Waals surface area contributed by atoms with Crippen molar-refractivity contribution in [1.82, 2.24) is 4.90 Å². The Balaban J connectivity index is 1.84. The molecule has 2 aromatic carbocycles. The minimum Gasteiger partial charge on any atom is -0.497 e. The highest BCUT2D eigenvalue weighted by molar-refractivity contribution is 5.41. The lowest BCUT2D eigenvalue weighted by molar-refractivity contribution is 0.179. The number of ether oxygens (including phenoxy) is 2. The van der Waals surface area contributed by atoms with Crippen LogP contribution < -0.4 is 15.3 Å². The van der Waals surface area contributed by atoms with Gasteiger partial charge in [0.2, 0.25) is 0 Å². The number of hydrogen-bond donors (Lipinski definition) is 1. The number of hydrogen-bond acceptors (Lipinski definition) is 7. The van der Waals surface area contributed by atoms with Gasteiger partial charge in [0.05, 0.1) is 20.8 Å². The molecule has 1 atom stereocenters. The van der Waals surface area contributed by atoms with Crippen LogP contribution in [0.5, 0.6) is 11.5 Å². The van der Waals surface area contributed by atoms with E-state index in [9.17, 15) is 4.91 Å². The molecule has 0 spiro atoms. The number of benzene rings is 2. The SMILES string of the molecule is COc1ccc(CN(CC(CN=NN)N=O)C2Cc3ccccc3C2)c(OC)c1. The predicted octanol–water partition coefficient (Wildman–Crippen LogP) is 3.13. The van der Waals surface area contributed by atoms with Gasteiger partial charge in [-0.3, -0.25) is 4.90 Å². The van der Waals surface area contributed by atoms with E-state index in [-0.39, 0.29) is 12.6 Å². The number of rotatable bonds is 10. The van der Waals surface area contributed by atoms with Crippen molar-refractivity contribution in [3.05, 3.63) is 64.1 Å². The van der Waals surface area contributed by atoms with Crippen LogP contribution in [0.1, 0.15) is 16.7 Å². The molecule has 29 heavy (non-hydrogen) atoms. The summed E-state index contributed by atoms with van der Waals surface area (Å²) in [4.78, 5) is 13.7. The van der Waals surface area contributed by atoms with E-state index in [0.29, 0.717) is 13.1 Å². The minimum atomic E-state index is -0.518. The third-order valence-corrected chi connectivity index (χ3v) is 5.38. The van der Waals surface area contributed by atoms with Crippen molar-refractivity contribution in [3.63, 3.8) is 0 Å². The highest BCUT2D eigenvalue weighted by Crippen LogP contribution is 2.30. The van der Waals surface area contributed by atoms with Crippen LogP contribution in [0.15, 0.2) is 58.0 Å². The van der Waals surface area contributed by atoms with Gasteiger partial charge in [-0.05, 0) is 30.0 Å². The molecular formula is C21H27N5O3.